The van der Waals surface area contributed by atoms with Gasteiger partial charge >= 0.3 is 0 Å². The van der Waals surface area contributed by atoms with E-state index in [1.165, 1.54) is 44.2 Å². The number of rotatable bonds is 8. The average Bonchev–Trinajstić information content (AvgIpc) is 3.34. The predicted octanol–water partition coefficient (Wildman–Crippen LogP) is 5.25. The van der Waals surface area contributed by atoms with Gasteiger partial charge in [-0.05, 0) is 12.8 Å². The van der Waals surface area contributed by atoms with Crippen LogP contribution in [0.2, 0.25) is 0 Å². The van der Waals surface area contributed by atoms with Crippen LogP contribution in [0.15, 0.2) is 73.3 Å². The third-order valence-corrected chi connectivity index (χ3v) is 3.96. The molecule has 24 heavy (non-hydrogen) atoms. The van der Waals surface area contributed by atoms with Gasteiger partial charge in [-0.1, -0.05) is 44.7 Å². The van der Waals surface area contributed by atoms with Crippen LogP contribution in [0.25, 0.3) is 5.69 Å². The van der Waals surface area contributed by atoms with Gasteiger partial charge in [0.1, 0.15) is 0 Å². The summed E-state index contributed by atoms with van der Waals surface area (Å²) in [7, 11) is 0. The maximum Gasteiger partial charge on any atom is 0.185 e. The summed E-state index contributed by atoms with van der Waals surface area (Å²) in [6.45, 7) is 3.40. The van der Waals surface area contributed by atoms with E-state index in [0.717, 1.165) is 6.54 Å². The SMILES string of the molecule is CCCCCCCCn1cc[n+](-[c-]2cccc2)c1.[Fe].[cH-]1[cH-][cH-][cH-][cH-]1. The summed E-state index contributed by atoms with van der Waals surface area (Å²) in [4.78, 5) is 0. The second-order valence-corrected chi connectivity index (χ2v) is 5.93. The van der Waals surface area contributed by atoms with Gasteiger partial charge in [0.2, 0.25) is 0 Å². The first-order valence-corrected chi connectivity index (χ1v) is 8.86. The van der Waals surface area contributed by atoms with Gasteiger partial charge in [0.15, 0.2) is 6.33 Å². The van der Waals surface area contributed by atoms with Crippen molar-refractivity contribution in [2.45, 2.75) is 52.0 Å². The Labute approximate surface area is 157 Å². The molecule has 0 bridgehead atoms. The van der Waals surface area contributed by atoms with Crippen LogP contribution < -0.4 is 4.57 Å². The number of aryl methyl sites for hydroxylation is 1. The molecule has 0 aliphatic heterocycles. The summed E-state index contributed by atoms with van der Waals surface area (Å²) in [6.07, 6.45) is 14.6. The van der Waals surface area contributed by atoms with Crippen LogP contribution in [0.1, 0.15) is 45.4 Å². The minimum absolute atomic E-state index is 0. The molecule has 2 nitrogen and oxygen atoms in total. The van der Waals surface area contributed by atoms with Crippen molar-refractivity contribution in [3.8, 4) is 5.69 Å². The quantitative estimate of drug-likeness (QED) is 0.223. The molecular weight excluding hydrogens is 336 g/mol. The molecule has 1 aromatic heterocycles. The molecule has 136 valence electrons. The van der Waals surface area contributed by atoms with E-state index in [2.05, 4.69) is 59.0 Å². The van der Waals surface area contributed by atoms with E-state index < -0.39 is 0 Å². The summed E-state index contributed by atoms with van der Waals surface area (Å²) in [6, 6.07) is 18.4. The third kappa shape index (κ3) is 7.81. The zero-order valence-electron chi connectivity index (χ0n) is 14.6. The Morgan fingerprint density at radius 3 is 2.08 bits per heavy atom. The molecule has 0 amide bonds. The fourth-order valence-corrected chi connectivity index (χ4v) is 2.61. The Bertz CT molecular complexity index is 576. The van der Waals surface area contributed by atoms with Gasteiger partial charge in [0, 0.05) is 17.1 Å². The molecule has 0 saturated heterocycles. The minimum Gasteiger partial charge on any atom is -0.748 e. The summed E-state index contributed by atoms with van der Waals surface area (Å²) in [5, 5.41) is 0. The van der Waals surface area contributed by atoms with Crippen molar-refractivity contribution >= 4 is 0 Å². The van der Waals surface area contributed by atoms with E-state index in [1.807, 2.05) is 30.3 Å². The monoisotopic (exact) mass is 365 g/mol. The average molecular weight is 365 g/mol. The van der Waals surface area contributed by atoms with Gasteiger partial charge < -0.3 is 30.3 Å². The van der Waals surface area contributed by atoms with Crippen LogP contribution in [0, 0.1) is 0 Å². The van der Waals surface area contributed by atoms with Crippen molar-refractivity contribution in [2.24, 2.45) is 0 Å². The number of unbranched alkanes of at least 4 members (excludes halogenated alkanes) is 5. The first kappa shape index (κ1) is 20.5. The van der Waals surface area contributed by atoms with Crippen LogP contribution in [0.5, 0.6) is 0 Å². The van der Waals surface area contributed by atoms with Gasteiger partial charge in [-0.2, -0.15) is 0 Å². The Kier molecular flexibility index (Phi) is 10.9. The van der Waals surface area contributed by atoms with Gasteiger partial charge in [-0.3, -0.25) is 9.13 Å². The standard InChI is InChI=1S/C16H24N2.C5H5.Fe/c1-2-3-4-5-6-9-12-17-13-14-18(15-17)16-10-7-8-11-16;1-2-4-5-3-1;/h7-8,10-11,13-15H,2-6,9,12H2,1H3;1-5H;/q;-5;. The second-order valence-electron chi connectivity index (χ2n) is 5.93. The molecule has 0 aliphatic rings. The van der Waals surface area contributed by atoms with E-state index >= 15 is 0 Å². The predicted molar refractivity (Wildman–Crippen MR) is 97.0 cm³/mol. The molecule has 0 N–H and O–H groups in total. The van der Waals surface area contributed by atoms with Crippen molar-refractivity contribution in [3.05, 3.63) is 73.3 Å². The number of nitrogens with zero attached hydrogens (tertiary/aromatic N) is 2. The number of hydrogen-bond donors (Lipinski definition) is 0. The van der Waals surface area contributed by atoms with Crippen molar-refractivity contribution in [1.82, 2.24) is 4.57 Å². The Morgan fingerprint density at radius 2 is 1.46 bits per heavy atom. The molecule has 0 fully saturated rings. The number of hydrogen-bond acceptors (Lipinski definition) is 0. The maximum atomic E-state index is 2.28. The topological polar surface area (TPSA) is 8.81 Å². The van der Waals surface area contributed by atoms with E-state index in [9.17, 15) is 0 Å². The molecular formula is C21H29FeN2-5. The van der Waals surface area contributed by atoms with E-state index in [0.29, 0.717) is 0 Å². The van der Waals surface area contributed by atoms with Crippen molar-refractivity contribution in [3.63, 3.8) is 0 Å². The van der Waals surface area contributed by atoms with Crippen LogP contribution in [0.4, 0.5) is 0 Å². The van der Waals surface area contributed by atoms with Gasteiger partial charge in [0.25, 0.3) is 0 Å². The van der Waals surface area contributed by atoms with E-state index in [1.54, 1.807) is 0 Å². The van der Waals surface area contributed by atoms with Gasteiger partial charge in [-0.15, -0.1) is 12.1 Å². The Hall–Kier alpha value is -1.57. The molecule has 3 aromatic rings. The van der Waals surface area contributed by atoms with Crippen molar-refractivity contribution in [2.75, 3.05) is 0 Å². The smallest absolute Gasteiger partial charge is 0.185 e. The van der Waals surface area contributed by atoms with Gasteiger partial charge in [-0.25, -0.2) is 0 Å². The number of aromatic nitrogens is 2. The molecule has 1 heterocycles. The van der Waals surface area contributed by atoms with Crippen molar-refractivity contribution < 1.29 is 21.6 Å². The molecule has 3 heteroatoms. The van der Waals surface area contributed by atoms with E-state index in [-0.39, 0.29) is 17.1 Å². The first-order valence-electron chi connectivity index (χ1n) is 8.86. The van der Waals surface area contributed by atoms with Crippen LogP contribution in [-0.2, 0) is 23.6 Å². The Morgan fingerprint density at radius 1 is 0.875 bits per heavy atom. The molecule has 0 spiro atoms. The van der Waals surface area contributed by atoms with Crippen molar-refractivity contribution in [1.29, 1.82) is 0 Å². The zero-order valence-corrected chi connectivity index (χ0v) is 15.7. The second kappa shape index (κ2) is 12.8. The fraction of sp³-hybridized carbons (Fsp3) is 0.381. The summed E-state index contributed by atoms with van der Waals surface area (Å²) in [5.74, 6) is 0. The molecule has 2 aromatic carbocycles. The van der Waals surface area contributed by atoms with Gasteiger partial charge in [0.05, 0.1) is 24.6 Å². The minimum atomic E-state index is 0. The summed E-state index contributed by atoms with van der Waals surface area (Å²) >= 11 is 0. The summed E-state index contributed by atoms with van der Waals surface area (Å²) < 4.78 is 4.46. The fourth-order valence-electron chi connectivity index (χ4n) is 2.61. The normalized spacial score (nSPS) is 9.88. The van der Waals surface area contributed by atoms with Crippen LogP contribution in [0.3, 0.4) is 0 Å². The molecule has 0 saturated carbocycles. The summed E-state index contributed by atoms with van der Waals surface area (Å²) in [5.41, 5.74) is 1.25. The first-order chi connectivity index (χ1) is 11.4. The largest absolute Gasteiger partial charge is 0.748 e. The molecule has 3 rings (SSSR count). The molecule has 0 atom stereocenters. The molecule has 0 radical (unpaired) electrons. The maximum absolute atomic E-state index is 2.28. The third-order valence-electron chi connectivity index (χ3n) is 3.96. The van der Waals surface area contributed by atoms with E-state index in [4.69, 9.17) is 0 Å². The van der Waals surface area contributed by atoms with Crippen LogP contribution >= 0.6 is 0 Å². The number of imidazole rings is 1. The Balaban J connectivity index is 0.000000412. The molecule has 0 unspecified atom stereocenters. The van der Waals surface area contributed by atoms with Crippen LogP contribution in [-0.4, -0.2) is 4.57 Å². The molecule has 0 aliphatic carbocycles. The zero-order chi connectivity index (χ0) is 16.2.